The molecule has 2 aliphatic carbocycles. The molecule has 2 nitrogen and oxygen atoms in total. The Labute approximate surface area is 93.2 Å². The van der Waals surface area contributed by atoms with Crippen LogP contribution in [0.5, 0.6) is 0 Å². The van der Waals surface area contributed by atoms with Gasteiger partial charge in [0.2, 0.25) is 0 Å². The molecule has 2 heteroatoms. The third-order valence-corrected chi connectivity index (χ3v) is 5.17. The van der Waals surface area contributed by atoms with Crippen LogP contribution < -0.4 is 5.73 Å². The van der Waals surface area contributed by atoms with Gasteiger partial charge in [-0.2, -0.15) is 0 Å². The van der Waals surface area contributed by atoms with Gasteiger partial charge in [0.25, 0.3) is 0 Å². The highest BCUT2D eigenvalue weighted by Crippen LogP contribution is 2.52. The zero-order valence-corrected chi connectivity index (χ0v) is 9.86. The molecule has 1 aliphatic heterocycles. The number of nitrogens with two attached hydrogens (primary N) is 1. The second kappa shape index (κ2) is 3.74. The maximum atomic E-state index is 5.75. The summed E-state index contributed by atoms with van der Waals surface area (Å²) in [5, 5.41) is 0. The van der Waals surface area contributed by atoms with Gasteiger partial charge in [-0.25, -0.2) is 0 Å². The van der Waals surface area contributed by atoms with Crippen LogP contribution >= 0.6 is 0 Å². The number of nitrogens with zero attached hydrogens (tertiary/aromatic N) is 1. The quantitative estimate of drug-likeness (QED) is 0.748. The summed E-state index contributed by atoms with van der Waals surface area (Å²) in [5.74, 6) is 3.84. The van der Waals surface area contributed by atoms with Crippen LogP contribution in [-0.2, 0) is 0 Å². The zero-order valence-electron chi connectivity index (χ0n) is 9.86. The highest BCUT2D eigenvalue weighted by Gasteiger charge is 2.55. The van der Waals surface area contributed by atoms with Gasteiger partial charge >= 0.3 is 0 Å². The number of hydrogen-bond acceptors (Lipinski definition) is 2. The SMILES string of the molecule is CC1CCC(N2CC3C(CN)C3C2)CC1. The molecule has 0 amide bonds. The van der Waals surface area contributed by atoms with E-state index >= 15 is 0 Å². The molecule has 3 fully saturated rings. The second-order valence-electron chi connectivity index (χ2n) is 6.09. The minimum Gasteiger partial charge on any atom is -0.330 e. The Morgan fingerprint density at radius 3 is 2.20 bits per heavy atom. The average Bonchev–Trinajstić information content (AvgIpc) is 2.72. The molecule has 0 radical (unpaired) electrons. The molecule has 0 aromatic rings. The van der Waals surface area contributed by atoms with Crippen LogP contribution in [0, 0.1) is 23.7 Å². The molecular weight excluding hydrogens is 184 g/mol. The van der Waals surface area contributed by atoms with Gasteiger partial charge in [0.05, 0.1) is 0 Å². The number of piperidine rings is 1. The van der Waals surface area contributed by atoms with Crippen molar-refractivity contribution in [2.24, 2.45) is 29.4 Å². The number of likely N-dealkylation sites (tertiary alicyclic amines) is 1. The Bertz CT molecular complexity index is 221. The lowest BCUT2D eigenvalue weighted by atomic mass is 9.86. The highest BCUT2D eigenvalue weighted by atomic mass is 15.2. The molecule has 86 valence electrons. The molecule has 0 aromatic heterocycles. The first kappa shape index (κ1) is 10.1. The fourth-order valence-electron chi connectivity index (χ4n) is 3.94. The average molecular weight is 208 g/mol. The molecule has 2 atom stereocenters. The maximum absolute atomic E-state index is 5.75. The number of rotatable bonds is 2. The van der Waals surface area contributed by atoms with Gasteiger partial charge in [-0.3, -0.25) is 4.90 Å². The molecule has 3 aliphatic rings. The minimum atomic E-state index is 0.892. The van der Waals surface area contributed by atoms with Crippen molar-refractivity contribution in [3.05, 3.63) is 0 Å². The Kier molecular flexibility index (Phi) is 2.52. The van der Waals surface area contributed by atoms with Crippen molar-refractivity contribution in [1.82, 2.24) is 4.90 Å². The van der Waals surface area contributed by atoms with Crippen LogP contribution in [0.2, 0.25) is 0 Å². The summed E-state index contributed by atoms with van der Waals surface area (Å²) in [6.45, 7) is 6.07. The smallest absolute Gasteiger partial charge is 0.00956 e. The van der Waals surface area contributed by atoms with Gasteiger partial charge in [0.1, 0.15) is 0 Å². The van der Waals surface area contributed by atoms with Gasteiger partial charge in [-0.1, -0.05) is 6.92 Å². The summed E-state index contributed by atoms with van der Waals surface area (Å²) in [4.78, 5) is 2.77. The zero-order chi connectivity index (χ0) is 10.4. The van der Waals surface area contributed by atoms with E-state index in [1.54, 1.807) is 0 Å². The van der Waals surface area contributed by atoms with E-state index < -0.39 is 0 Å². The summed E-state index contributed by atoms with van der Waals surface area (Å²) in [6, 6.07) is 0.924. The van der Waals surface area contributed by atoms with E-state index in [1.165, 1.54) is 38.8 Å². The van der Waals surface area contributed by atoms with E-state index in [1.807, 2.05) is 0 Å². The molecule has 3 rings (SSSR count). The Hall–Kier alpha value is -0.0800. The van der Waals surface area contributed by atoms with Crippen LogP contribution in [0.3, 0.4) is 0 Å². The highest BCUT2D eigenvalue weighted by molar-refractivity contribution is 5.06. The Balaban J connectivity index is 1.50. The van der Waals surface area contributed by atoms with Crippen LogP contribution in [0.15, 0.2) is 0 Å². The van der Waals surface area contributed by atoms with E-state index in [4.69, 9.17) is 5.73 Å². The fraction of sp³-hybridized carbons (Fsp3) is 1.00. The molecule has 0 bridgehead atoms. The molecule has 15 heavy (non-hydrogen) atoms. The molecule has 2 saturated carbocycles. The summed E-state index contributed by atoms with van der Waals surface area (Å²) in [6.07, 6.45) is 5.81. The molecular formula is C13H24N2. The van der Waals surface area contributed by atoms with Crippen LogP contribution in [0.25, 0.3) is 0 Å². The van der Waals surface area contributed by atoms with Crippen molar-refractivity contribution in [3.8, 4) is 0 Å². The van der Waals surface area contributed by atoms with Gasteiger partial charge in [0.15, 0.2) is 0 Å². The molecule has 2 unspecified atom stereocenters. The van der Waals surface area contributed by atoms with Crippen molar-refractivity contribution < 1.29 is 0 Å². The first-order valence-electron chi connectivity index (χ1n) is 6.73. The Morgan fingerprint density at radius 1 is 1.07 bits per heavy atom. The summed E-state index contributed by atoms with van der Waals surface area (Å²) >= 11 is 0. The van der Waals surface area contributed by atoms with E-state index in [0.717, 1.165) is 36.3 Å². The van der Waals surface area contributed by atoms with Crippen LogP contribution in [-0.4, -0.2) is 30.6 Å². The van der Waals surface area contributed by atoms with E-state index in [2.05, 4.69) is 11.8 Å². The topological polar surface area (TPSA) is 29.3 Å². The Morgan fingerprint density at radius 2 is 1.67 bits per heavy atom. The molecule has 2 N–H and O–H groups in total. The largest absolute Gasteiger partial charge is 0.330 e. The third-order valence-electron chi connectivity index (χ3n) is 5.17. The number of hydrogen-bond donors (Lipinski definition) is 1. The standard InChI is InChI=1S/C13H24N2/c1-9-2-4-10(5-3-9)15-7-12-11(6-14)13(12)8-15/h9-13H,2-8,14H2,1H3. The first-order valence-corrected chi connectivity index (χ1v) is 6.73. The lowest BCUT2D eigenvalue weighted by Crippen LogP contribution is -2.38. The van der Waals surface area contributed by atoms with Gasteiger partial charge < -0.3 is 5.73 Å². The van der Waals surface area contributed by atoms with Gasteiger partial charge in [-0.05, 0) is 55.9 Å². The third kappa shape index (κ3) is 1.72. The van der Waals surface area contributed by atoms with Crippen molar-refractivity contribution in [3.63, 3.8) is 0 Å². The van der Waals surface area contributed by atoms with Crippen LogP contribution in [0.1, 0.15) is 32.6 Å². The molecule has 0 spiro atoms. The van der Waals surface area contributed by atoms with E-state index in [0.29, 0.717) is 0 Å². The predicted molar refractivity (Wildman–Crippen MR) is 62.5 cm³/mol. The first-order chi connectivity index (χ1) is 7.29. The summed E-state index contributed by atoms with van der Waals surface area (Å²) in [5.41, 5.74) is 5.75. The second-order valence-corrected chi connectivity index (χ2v) is 6.09. The van der Waals surface area contributed by atoms with Crippen molar-refractivity contribution in [1.29, 1.82) is 0 Å². The minimum absolute atomic E-state index is 0.892. The van der Waals surface area contributed by atoms with Crippen molar-refractivity contribution >= 4 is 0 Å². The fourth-order valence-corrected chi connectivity index (χ4v) is 3.94. The maximum Gasteiger partial charge on any atom is 0.00956 e. The lowest BCUT2D eigenvalue weighted by Gasteiger charge is -2.34. The molecule has 0 aromatic carbocycles. The molecule has 1 saturated heterocycles. The summed E-state index contributed by atoms with van der Waals surface area (Å²) in [7, 11) is 0. The van der Waals surface area contributed by atoms with Gasteiger partial charge in [-0.15, -0.1) is 0 Å². The lowest BCUT2D eigenvalue weighted by molar-refractivity contribution is 0.148. The van der Waals surface area contributed by atoms with Crippen LogP contribution in [0.4, 0.5) is 0 Å². The molecule has 1 heterocycles. The summed E-state index contributed by atoms with van der Waals surface area (Å²) < 4.78 is 0. The van der Waals surface area contributed by atoms with Crippen molar-refractivity contribution in [2.75, 3.05) is 19.6 Å². The van der Waals surface area contributed by atoms with Gasteiger partial charge in [0, 0.05) is 19.1 Å². The van der Waals surface area contributed by atoms with E-state index in [-0.39, 0.29) is 0 Å². The normalized spacial score (nSPS) is 50.4. The predicted octanol–water partition coefficient (Wildman–Crippen LogP) is 1.70. The number of fused-ring (bicyclic) bond motifs is 1. The van der Waals surface area contributed by atoms with Crippen molar-refractivity contribution in [2.45, 2.75) is 38.6 Å². The van der Waals surface area contributed by atoms with E-state index in [9.17, 15) is 0 Å². The monoisotopic (exact) mass is 208 g/mol.